The zero-order chi connectivity index (χ0) is 26.1. The molecule has 0 saturated carbocycles. The summed E-state index contributed by atoms with van der Waals surface area (Å²) in [5, 5.41) is 12.3. The van der Waals surface area contributed by atoms with Crippen LogP contribution in [-0.4, -0.2) is 27.2 Å². The van der Waals surface area contributed by atoms with Gasteiger partial charge in [-0.15, -0.1) is 0 Å². The van der Waals surface area contributed by atoms with E-state index >= 15 is 0 Å². The number of ether oxygens (including phenoxy) is 4. The Morgan fingerprint density at radius 2 is 1.78 bits per heavy atom. The van der Waals surface area contributed by atoms with Crippen LogP contribution in [0.5, 0.6) is 23.0 Å². The van der Waals surface area contributed by atoms with Crippen molar-refractivity contribution in [2.75, 3.05) is 21.3 Å². The zero-order valence-corrected chi connectivity index (χ0v) is 21.5. The van der Waals surface area contributed by atoms with Crippen LogP contribution in [0.4, 0.5) is 4.39 Å². The Kier molecular flexibility index (Phi) is 9.31. The maximum Gasteiger partial charge on any atom is 0.262 e. The third-order valence-corrected chi connectivity index (χ3v) is 5.78. The van der Waals surface area contributed by atoms with Crippen molar-refractivity contribution in [1.29, 1.82) is 5.26 Å². The monoisotopic (exact) mass is 554 g/mol. The highest BCUT2D eigenvalue weighted by atomic mass is 79.9. The van der Waals surface area contributed by atoms with Gasteiger partial charge in [0.1, 0.15) is 35.6 Å². The number of nitrogens with one attached hydrogen (secondary N) is 1. The molecule has 0 fully saturated rings. The number of nitriles is 1. The summed E-state index contributed by atoms with van der Waals surface area (Å²) in [6, 6.07) is 16.8. The van der Waals surface area contributed by atoms with E-state index in [4.69, 9.17) is 18.9 Å². The van der Waals surface area contributed by atoms with Crippen molar-refractivity contribution >= 4 is 27.9 Å². The van der Waals surface area contributed by atoms with E-state index in [0.717, 1.165) is 5.56 Å². The van der Waals surface area contributed by atoms with Gasteiger partial charge in [0.2, 0.25) is 0 Å². The molecule has 0 atom stereocenters. The Balaban J connectivity index is 1.77. The molecular formula is C27H24BrFN2O5. The van der Waals surface area contributed by atoms with E-state index in [-0.39, 0.29) is 24.5 Å². The van der Waals surface area contributed by atoms with E-state index in [1.54, 1.807) is 55.6 Å². The molecule has 3 aromatic rings. The van der Waals surface area contributed by atoms with Gasteiger partial charge in [-0.25, -0.2) is 4.39 Å². The topological polar surface area (TPSA) is 89.8 Å². The molecule has 9 heteroatoms. The highest BCUT2D eigenvalue weighted by Gasteiger charge is 2.15. The molecule has 0 aromatic heterocycles. The minimum atomic E-state index is -0.551. The molecule has 0 radical (unpaired) electrons. The van der Waals surface area contributed by atoms with Gasteiger partial charge in [0.25, 0.3) is 5.91 Å². The number of nitrogens with zero attached hydrogens (tertiary/aromatic N) is 1. The molecule has 36 heavy (non-hydrogen) atoms. The molecule has 0 aliphatic rings. The van der Waals surface area contributed by atoms with Crippen molar-refractivity contribution in [3.05, 3.63) is 87.2 Å². The quantitative estimate of drug-likeness (QED) is 0.266. The van der Waals surface area contributed by atoms with Crippen LogP contribution in [-0.2, 0) is 17.9 Å². The molecule has 0 bridgehead atoms. The molecule has 1 amide bonds. The van der Waals surface area contributed by atoms with Gasteiger partial charge in [0.05, 0.1) is 25.8 Å². The largest absolute Gasteiger partial charge is 0.497 e. The van der Waals surface area contributed by atoms with E-state index in [2.05, 4.69) is 21.2 Å². The third kappa shape index (κ3) is 6.55. The van der Waals surface area contributed by atoms with Crippen LogP contribution in [0.25, 0.3) is 6.08 Å². The van der Waals surface area contributed by atoms with E-state index < -0.39 is 5.91 Å². The molecular weight excluding hydrogens is 531 g/mol. The number of carbonyl (C=O) groups is 1. The van der Waals surface area contributed by atoms with E-state index in [0.29, 0.717) is 38.6 Å². The molecule has 0 aliphatic heterocycles. The fraction of sp³-hybridized carbons (Fsp3) is 0.185. The summed E-state index contributed by atoms with van der Waals surface area (Å²) < 4.78 is 36.2. The standard InChI is InChI=1S/C27H24BrFN2O5/c1-33-21-9-8-18(24(13-21)34-2)15-31-27(32)20(14-30)10-17-11-22(28)26(25(12-17)35-3)36-16-19-6-4-5-7-23(19)29/h4-13H,15-16H2,1-3H3,(H,31,32)/b20-10+. The Hall–Kier alpha value is -4.03. The number of hydrogen-bond acceptors (Lipinski definition) is 6. The predicted molar refractivity (Wildman–Crippen MR) is 136 cm³/mol. The minimum absolute atomic E-state index is 0.00249. The van der Waals surface area contributed by atoms with Gasteiger partial charge in [-0.1, -0.05) is 18.2 Å². The molecule has 0 aliphatic carbocycles. The normalized spacial score (nSPS) is 10.8. The Labute approximate surface area is 217 Å². The number of rotatable bonds is 10. The molecule has 0 unspecified atom stereocenters. The number of benzene rings is 3. The maximum absolute atomic E-state index is 13.9. The number of hydrogen-bond donors (Lipinski definition) is 1. The molecule has 3 aromatic carbocycles. The summed E-state index contributed by atoms with van der Waals surface area (Å²) in [4.78, 5) is 12.7. The van der Waals surface area contributed by atoms with Gasteiger partial charge in [-0.2, -0.15) is 5.26 Å². The van der Waals surface area contributed by atoms with Crippen molar-refractivity contribution in [3.8, 4) is 29.1 Å². The van der Waals surface area contributed by atoms with Crippen molar-refractivity contribution in [2.24, 2.45) is 0 Å². The summed E-state index contributed by atoms with van der Waals surface area (Å²) in [7, 11) is 4.54. The average molecular weight is 555 g/mol. The first-order valence-corrected chi connectivity index (χ1v) is 11.5. The van der Waals surface area contributed by atoms with Gasteiger partial charge in [0, 0.05) is 23.7 Å². The van der Waals surface area contributed by atoms with Crippen molar-refractivity contribution in [3.63, 3.8) is 0 Å². The molecule has 0 spiro atoms. The van der Waals surface area contributed by atoms with Crippen LogP contribution >= 0.6 is 15.9 Å². The second-order valence-electron chi connectivity index (χ2n) is 7.44. The van der Waals surface area contributed by atoms with Crippen LogP contribution in [0.15, 0.2) is 64.6 Å². The minimum Gasteiger partial charge on any atom is -0.497 e. The number of carbonyl (C=O) groups excluding carboxylic acids is 1. The molecule has 7 nitrogen and oxygen atoms in total. The second-order valence-corrected chi connectivity index (χ2v) is 8.30. The van der Waals surface area contributed by atoms with E-state index in [9.17, 15) is 14.4 Å². The van der Waals surface area contributed by atoms with Gasteiger partial charge in [-0.3, -0.25) is 4.79 Å². The van der Waals surface area contributed by atoms with Gasteiger partial charge >= 0.3 is 0 Å². The van der Waals surface area contributed by atoms with Crippen molar-refractivity contribution in [2.45, 2.75) is 13.2 Å². The molecule has 186 valence electrons. The Morgan fingerprint density at radius 3 is 2.44 bits per heavy atom. The average Bonchev–Trinajstić information content (AvgIpc) is 2.90. The van der Waals surface area contributed by atoms with Crippen molar-refractivity contribution < 1.29 is 28.1 Å². The SMILES string of the molecule is COc1ccc(CNC(=O)/C(C#N)=C/c2cc(Br)c(OCc3ccccc3F)c(OC)c2)c(OC)c1. The van der Waals surface area contributed by atoms with E-state index in [1.807, 2.05) is 6.07 Å². The second kappa shape index (κ2) is 12.6. The smallest absolute Gasteiger partial charge is 0.262 e. The highest BCUT2D eigenvalue weighted by Crippen LogP contribution is 2.38. The number of amides is 1. The number of methoxy groups -OCH3 is 3. The Bertz CT molecular complexity index is 1320. The number of halogens is 2. The first kappa shape index (κ1) is 26.6. The lowest BCUT2D eigenvalue weighted by Crippen LogP contribution is -2.24. The molecule has 3 rings (SSSR count). The van der Waals surface area contributed by atoms with Crippen LogP contribution in [0, 0.1) is 17.1 Å². The van der Waals surface area contributed by atoms with Crippen LogP contribution in [0.1, 0.15) is 16.7 Å². The highest BCUT2D eigenvalue weighted by molar-refractivity contribution is 9.10. The lowest BCUT2D eigenvalue weighted by atomic mass is 10.1. The summed E-state index contributed by atoms with van der Waals surface area (Å²) in [5.41, 5.74) is 1.55. The van der Waals surface area contributed by atoms with Gasteiger partial charge in [0.15, 0.2) is 11.5 Å². The predicted octanol–water partition coefficient (Wildman–Crippen LogP) is 5.42. The summed E-state index contributed by atoms with van der Waals surface area (Å²) in [6.45, 7) is 0.151. The van der Waals surface area contributed by atoms with Crippen LogP contribution < -0.4 is 24.3 Å². The zero-order valence-electron chi connectivity index (χ0n) is 19.9. The first-order chi connectivity index (χ1) is 17.4. The van der Waals surface area contributed by atoms with E-state index in [1.165, 1.54) is 26.4 Å². The molecule has 0 heterocycles. The van der Waals surface area contributed by atoms with Crippen LogP contribution in [0.2, 0.25) is 0 Å². The lowest BCUT2D eigenvalue weighted by Gasteiger charge is -2.14. The summed E-state index contributed by atoms with van der Waals surface area (Å²) >= 11 is 3.43. The summed E-state index contributed by atoms with van der Waals surface area (Å²) in [5.74, 6) is 0.978. The van der Waals surface area contributed by atoms with Crippen molar-refractivity contribution in [1.82, 2.24) is 5.32 Å². The van der Waals surface area contributed by atoms with Crippen LogP contribution in [0.3, 0.4) is 0 Å². The maximum atomic E-state index is 13.9. The molecule has 0 saturated heterocycles. The molecule has 1 N–H and O–H groups in total. The van der Waals surface area contributed by atoms with Gasteiger partial charge < -0.3 is 24.3 Å². The third-order valence-electron chi connectivity index (χ3n) is 5.19. The van der Waals surface area contributed by atoms with Gasteiger partial charge in [-0.05, 0) is 57.9 Å². The lowest BCUT2D eigenvalue weighted by molar-refractivity contribution is -0.117. The fourth-order valence-corrected chi connectivity index (χ4v) is 3.89. The fourth-order valence-electron chi connectivity index (χ4n) is 3.31. The Morgan fingerprint density at radius 1 is 1.03 bits per heavy atom. The summed E-state index contributed by atoms with van der Waals surface area (Å²) in [6.07, 6.45) is 1.44. The first-order valence-electron chi connectivity index (χ1n) is 10.7.